The molecule has 0 radical (unpaired) electrons. The SMILES string of the molecule is CC(C)c1nc2cc(NC(=O)Cn3c(-c4cccs4)n[nH]c3=S)ccc2o1. The molecule has 0 bridgehead atoms. The number of hydrogen-bond acceptors (Lipinski definition) is 6. The fourth-order valence-corrected chi connectivity index (χ4v) is 3.59. The molecule has 0 aliphatic carbocycles. The van der Waals surface area contributed by atoms with Crippen LogP contribution in [-0.4, -0.2) is 25.7 Å². The van der Waals surface area contributed by atoms with Gasteiger partial charge in [0, 0.05) is 11.6 Å². The van der Waals surface area contributed by atoms with Crippen LogP contribution in [0.25, 0.3) is 21.8 Å². The fourth-order valence-electron chi connectivity index (χ4n) is 2.67. The first-order chi connectivity index (χ1) is 13.0. The van der Waals surface area contributed by atoms with Crippen molar-refractivity contribution >= 4 is 46.2 Å². The lowest BCUT2D eigenvalue weighted by Gasteiger charge is -2.07. The summed E-state index contributed by atoms with van der Waals surface area (Å²) in [5.74, 6) is 1.34. The maximum atomic E-state index is 12.5. The summed E-state index contributed by atoms with van der Waals surface area (Å²) in [5.41, 5.74) is 2.08. The number of thiophene rings is 1. The molecule has 0 aliphatic rings. The van der Waals surface area contributed by atoms with Crippen molar-refractivity contribution in [3.8, 4) is 10.7 Å². The molecule has 7 nitrogen and oxygen atoms in total. The number of benzene rings is 1. The third-order valence-electron chi connectivity index (χ3n) is 3.98. The molecule has 4 aromatic rings. The number of hydrogen-bond donors (Lipinski definition) is 2. The van der Waals surface area contributed by atoms with Gasteiger partial charge in [0.15, 0.2) is 22.1 Å². The normalized spacial score (nSPS) is 11.4. The van der Waals surface area contributed by atoms with Crippen molar-refractivity contribution in [2.45, 2.75) is 26.3 Å². The van der Waals surface area contributed by atoms with Crippen LogP contribution < -0.4 is 5.32 Å². The number of rotatable bonds is 5. The van der Waals surface area contributed by atoms with Crippen LogP contribution in [0, 0.1) is 4.77 Å². The highest BCUT2D eigenvalue weighted by Gasteiger charge is 2.14. The van der Waals surface area contributed by atoms with Crippen molar-refractivity contribution in [2.24, 2.45) is 0 Å². The molecule has 138 valence electrons. The maximum Gasteiger partial charge on any atom is 0.244 e. The summed E-state index contributed by atoms with van der Waals surface area (Å²) in [7, 11) is 0. The Bertz CT molecular complexity index is 1150. The van der Waals surface area contributed by atoms with E-state index < -0.39 is 0 Å². The van der Waals surface area contributed by atoms with E-state index in [-0.39, 0.29) is 18.4 Å². The van der Waals surface area contributed by atoms with Crippen LogP contribution in [0.2, 0.25) is 0 Å². The number of aromatic amines is 1. The molecule has 1 aromatic carbocycles. The highest BCUT2D eigenvalue weighted by molar-refractivity contribution is 7.71. The van der Waals surface area contributed by atoms with Gasteiger partial charge in [-0.25, -0.2) is 4.98 Å². The van der Waals surface area contributed by atoms with E-state index >= 15 is 0 Å². The zero-order valence-corrected chi connectivity index (χ0v) is 16.4. The summed E-state index contributed by atoms with van der Waals surface area (Å²) in [4.78, 5) is 18.0. The molecule has 0 saturated carbocycles. The quantitative estimate of drug-likeness (QED) is 0.480. The Morgan fingerprint density at radius 3 is 3.00 bits per heavy atom. The van der Waals surface area contributed by atoms with Crippen LogP contribution in [-0.2, 0) is 11.3 Å². The van der Waals surface area contributed by atoms with Gasteiger partial charge in [-0.05, 0) is 41.9 Å². The number of carbonyl (C=O) groups excluding carboxylic acids is 1. The Kier molecular flexibility index (Phi) is 4.63. The van der Waals surface area contributed by atoms with Gasteiger partial charge in [-0.3, -0.25) is 14.5 Å². The van der Waals surface area contributed by atoms with E-state index in [0.717, 1.165) is 10.4 Å². The molecule has 1 amide bonds. The second-order valence-corrected chi connectivity index (χ2v) is 7.69. The van der Waals surface area contributed by atoms with E-state index in [9.17, 15) is 4.79 Å². The summed E-state index contributed by atoms with van der Waals surface area (Å²) in [6.45, 7) is 4.11. The molecule has 0 fully saturated rings. The highest BCUT2D eigenvalue weighted by atomic mass is 32.1. The number of amides is 1. The molecule has 27 heavy (non-hydrogen) atoms. The van der Waals surface area contributed by atoms with Crippen LogP contribution in [0.15, 0.2) is 40.1 Å². The molecule has 3 heterocycles. The van der Waals surface area contributed by atoms with E-state index in [4.69, 9.17) is 16.6 Å². The number of carbonyl (C=O) groups is 1. The third kappa shape index (κ3) is 3.56. The first-order valence-corrected chi connectivity index (χ1v) is 9.69. The first kappa shape index (κ1) is 17.6. The maximum absolute atomic E-state index is 12.5. The zero-order chi connectivity index (χ0) is 19.0. The lowest BCUT2D eigenvalue weighted by Crippen LogP contribution is -2.19. The molecule has 2 N–H and O–H groups in total. The molecule has 0 saturated heterocycles. The third-order valence-corrected chi connectivity index (χ3v) is 5.16. The second kappa shape index (κ2) is 7.09. The number of fused-ring (bicyclic) bond motifs is 1. The van der Waals surface area contributed by atoms with Gasteiger partial charge in [-0.1, -0.05) is 19.9 Å². The van der Waals surface area contributed by atoms with Gasteiger partial charge in [-0.15, -0.1) is 11.3 Å². The number of nitrogens with zero attached hydrogens (tertiary/aromatic N) is 3. The van der Waals surface area contributed by atoms with Crippen molar-refractivity contribution in [2.75, 3.05) is 5.32 Å². The van der Waals surface area contributed by atoms with Gasteiger partial charge in [0.2, 0.25) is 5.91 Å². The number of oxazole rings is 1. The Morgan fingerprint density at radius 1 is 1.41 bits per heavy atom. The van der Waals surface area contributed by atoms with Gasteiger partial charge in [0.25, 0.3) is 0 Å². The molecule has 4 rings (SSSR count). The molecule has 0 aliphatic heterocycles. The summed E-state index contributed by atoms with van der Waals surface area (Å²) >= 11 is 6.81. The minimum Gasteiger partial charge on any atom is -0.440 e. The number of anilines is 1. The summed E-state index contributed by atoms with van der Waals surface area (Å²) < 4.78 is 7.78. The standard InChI is InChI=1S/C18H17N5O2S2/c1-10(2)17-20-12-8-11(5-6-13(12)25-17)19-15(24)9-23-16(21-22-18(23)26)14-4-3-7-27-14/h3-8,10H,9H2,1-2H3,(H,19,24)(H,22,26). The molecule has 0 unspecified atom stereocenters. The van der Waals surface area contributed by atoms with Crippen LogP contribution in [0.4, 0.5) is 5.69 Å². The van der Waals surface area contributed by atoms with Crippen LogP contribution >= 0.6 is 23.6 Å². The predicted octanol–water partition coefficient (Wildman–Crippen LogP) is 4.57. The lowest BCUT2D eigenvalue weighted by atomic mass is 10.2. The smallest absolute Gasteiger partial charge is 0.244 e. The lowest BCUT2D eigenvalue weighted by molar-refractivity contribution is -0.116. The second-order valence-electron chi connectivity index (χ2n) is 6.35. The summed E-state index contributed by atoms with van der Waals surface area (Å²) in [5, 5.41) is 11.8. The average molecular weight is 400 g/mol. The van der Waals surface area contributed by atoms with Crippen molar-refractivity contribution in [1.29, 1.82) is 0 Å². The number of aromatic nitrogens is 4. The van der Waals surface area contributed by atoms with E-state index in [2.05, 4.69) is 20.5 Å². The van der Waals surface area contributed by atoms with E-state index in [1.54, 1.807) is 28.0 Å². The minimum atomic E-state index is -0.197. The average Bonchev–Trinajstić information content (AvgIpc) is 3.35. The van der Waals surface area contributed by atoms with E-state index in [0.29, 0.717) is 27.8 Å². The molecule has 0 atom stereocenters. The monoisotopic (exact) mass is 399 g/mol. The molecule has 0 spiro atoms. The Labute approximate surface area is 164 Å². The Hall–Kier alpha value is -2.78. The van der Waals surface area contributed by atoms with Gasteiger partial charge in [0.05, 0.1) is 4.88 Å². The number of nitrogens with one attached hydrogen (secondary N) is 2. The van der Waals surface area contributed by atoms with E-state index in [1.807, 2.05) is 37.4 Å². The van der Waals surface area contributed by atoms with Gasteiger partial charge >= 0.3 is 0 Å². The van der Waals surface area contributed by atoms with Crippen LogP contribution in [0.5, 0.6) is 0 Å². The van der Waals surface area contributed by atoms with Crippen molar-refractivity contribution in [3.63, 3.8) is 0 Å². The Balaban J connectivity index is 1.54. The highest BCUT2D eigenvalue weighted by Crippen LogP contribution is 2.25. The van der Waals surface area contributed by atoms with Crippen molar-refractivity contribution in [1.82, 2.24) is 19.7 Å². The Morgan fingerprint density at radius 2 is 2.26 bits per heavy atom. The molecule has 9 heteroatoms. The van der Waals surface area contributed by atoms with Crippen LogP contribution in [0.1, 0.15) is 25.7 Å². The summed E-state index contributed by atoms with van der Waals surface area (Å²) in [6, 6.07) is 9.28. The molecule has 3 aromatic heterocycles. The van der Waals surface area contributed by atoms with Crippen LogP contribution in [0.3, 0.4) is 0 Å². The summed E-state index contributed by atoms with van der Waals surface area (Å²) in [6.07, 6.45) is 0. The van der Waals surface area contributed by atoms with Gasteiger partial charge in [0.1, 0.15) is 12.1 Å². The van der Waals surface area contributed by atoms with Crippen molar-refractivity contribution in [3.05, 3.63) is 46.4 Å². The molecular weight excluding hydrogens is 382 g/mol. The van der Waals surface area contributed by atoms with E-state index in [1.165, 1.54) is 0 Å². The van der Waals surface area contributed by atoms with Gasteiger partial charge in [-0.2, -0.15) is 5.10 Å². The largest absolute Gasteiger partial charge is 0.440 e. The van der Waals surface area contributed by atoms with Crippen molar-refractivity contribution < 1.29 is 9.21 Å². The fraction of sp³-hybridized carbons (Fsp3) is 0.222. The molecular formula is C18H17N5O2S2. The predicted molar refractivity (Wildman–Crippen MR) is 107 cm³/mol. The first-order valence-electron chi connectivity index (χ1n) is 8.40. The van der Waals surface area contributed by atoms with Gasteiger partial charge < -0.3 is 9.73 Å². The minimum absolute atomic E-state index is 0.0661. The number of H-pyrrole nitrogens is 1. The topological polar surface area (TPSA) is 88.7 Å². The zero-order valence-electron chi connectivity index (χ0n) is 14.7.